The highest BCUT2D eigenvalue weighted by molar-refractivity contribution is 7.22. The van der Waals surface area contributed by atoms with Crippen LogP contribution in [0.4, 0.5) is 15.8 Å². The molecule has 7 rings (SSSR count). The van der Waals surface area contributed by atoms with Gasteiger partial charge in [-0.05, 0) is 97.8 Å². The molecule has 0 unspecified atom stereocenters. The van der Waals surface area contributed by atoms with E-state index >= 15 is 0 Å². The van der Waals surface area contributed by atoms with Crippen molar-refractivity contribution in [1.82, 2.24) is 9.97 Å². The lowest BCUT2D eigenvalue weighted by atomic mass is 10.1. The van der Waals surface area contributed by atoms with Crippen molar-refractivity contribution in [2.45, 2.75) is 47.1 Å². The number of phenols is 1. The second-order valence-corrected chi connectivity index (χ2v) is 13.0. The van der Waals surface area contributed by atoms with E-state index < -0.39 is 0 Å². The minimum absolute atomic E-state index is 0.276. The smallest absolute Gasteiger partial charge is 0.124 e. The number of aromatic nitrogens is 2. The zero-order valence-corrected chi connectivity index (χ0v) is 30.5. The van der Waals surface area contributed by atoms with Crippen LogP contribution in [0.2, 0.25) is 0 Å². The lowest BCUT2D eigenvalue weighted by Crippen LogP contribution is -2.00. The van der Waals surface area contributed by atoms with Crippen molar-refractivity contribution in [2.75, 3.05) is 24.4 Å². The molecule has 0 amide bonds. The Morgan fingerprint density at radius 1 is 0.653 bits per heavy atom. The first-order chi connectivity index (χ1) is 24.0. The van der Waals surface area contributed by atoms with E-state index in [1.807, 2.05) is 26.0 Å². The second-order valence-electron chi connectivity index (χ2n) is 10.9. The van der Waals surface area contributed by atoms with Gasteiger partial charge >= 0.3 is 0 Å². The standard InChI is InChI=1S/C21H18N2OS.C17H18N2S.C2H6.CH3F/c1-14-2-4-15(5-3-14)13-22-17-8-6-16(7-9-17)21-23-19-11-10-18(24)12-20(19)25-21;1-2-3-12-18-14-10-8-13(9-11-14)17-19-15-6-4-5-7-16(15)20-17;2*1-2/h2-12,22,24H,13H2,1H3;4-11,18H,2-3,12H2,1H3;1-2H3;1H3. The summed E-state index contributed by atoms with van der Waals surface area (Å²) >= 11 is 3.34. The van der Waals surface area contributed by atoms with E-state index in [0.29, 0.717) is 7.18 Å². The molecule has 8 heteroatoms. The van der Waals surface area contributed by atoms with Gasteiger partial charge < -0.3 is 15.7 Å². The zero-order chi connectivity index (χ0) is 35.0. The number of hydrogen-bond acceptors (Lipinski definition) is 7. The minimum atomic E-state index is 0.276. The third-order valence-corrected chi connectivity index (χ3v) is 9.56. The topological polar surface area (TPSA) is 70.1 Å². The number of alkyl halides is 1. The van der Waals surface area contributed by atoms with Gasteiger partial charge in [0, 0.05) is 35.6 Å². The fourth-order valence-electron chi connectivity index (χ4n) is 4.81. The number of para-hydroxylation sites is 1. The molecule has 0 aliphatic heterocycles. The monoisotopic (exact) mass is 692 g/mol. The van der Waals surface area contributed by atoms with Crippen molar-refractivity contribution in [1.29, 1.82) is 0 Å². The molecule has 0 fully saturated rings. The quantitative estimate of drug-likeness (QED) is 0.131. The number of unbranched alkanes of at least 4 members (excludes halogenated alkanes) is 1. The van der Waals surface area contributed by atoms with Gasteiger partial charge in [-0.3, -0.25) is 4.39 Å². The third-order valence-electron chi connectivity index (χ3n) is 7.41. The first-order valence-electron chi connectivity index (χ1n) is 16.6. The van der Waals surface area contributed by atoms with Gasteiger partial charge in [0.15, 0.2) is 0 Å². The van der Waals surface area contributed by atoms with Gasteiger partial charge in [-0.25, -0.2) is 9.97 Å². The van der Waals surface area contributed by atoms with Crippen molar-refractivity contribution >= 4 is 54.5 Å². The molecule has 254 valence electrons. The number of halogens is 1. The first kappa shape index (κ1) is 37.0. The van der Waals surface area contributed by atoms with E-state index in [-0.39, 0.29) is 5.75 Å². The van der Waals surface area contributed by atoms with Gasteiger partial charge in [-0.2, -0.15) is 0 Å². The summed E-state index contributed by atoms with van der Waals surface area (Å²) in [6.45, 7) is 10.1. The van der Waals surface area contributed by atoms with Crippen molar-refractivity contribution in [3.8, 4) is 26.9 Å². The predicted octanol–water partition coefficient (Wildman–Crippen LogP) is 12.4. The molecule has 49 heavy (non-hydrogen) atoms. The lowest BCUT2D eigenvalue weighted by Gasteiger charge is -2.07. The molecule has 0 spiro atoms. The Morgan fingerprint density at radius 2 is 1.20 bits per heavy atom. The lowest BCUT2D eigenvalue weighted by molar-refractivity contribution is 0.476. The number of rotatable bonds is 9. The number of anilines is 2. The van der Waals surface area contributed by atoms with Crippen LogP contribution in [0.15, 0.2) is 115 Å². The van der Waals surface area contributed by atoms with Gasteiger partial charge in [-0.1, -0.05) is 69.2 Å². The van der Waals surface area contributed by atoms with Crippen LogP contribution < -0.4 is 10.6 Å². The van der Waals surface area contributed by atoms with Crippen LogP contribution in [0.5, 0.6) is 5.75 Å². The maximum Gasteiger partial charge on any atom is 0.124 e. The van der Waals surface area contributed by atoms with E-state index in [1.165, 1.54) is 39.9 Å². The number of aryl methyl sites for hydroxylation is 1. The van der Waals surface area contributed by atoms with Gasteiger partial charge in [0.2, 0.25) is 0 Å². The van der Waals surface area contributed by atoms with E-state index in [2.05, 4.69) is 125 Å². The van der Waals surface area contributed by atoms with Crippen LogP contribution >= 0.6 is 22.7 Å². The van der Waals surface area contributed by atoms with Crippen molar-refractivity contribution in [3.63, 3.8) is 0 Å². The summed E-state index contributed by atoms with van der Waals surface area (Å²) in [5.74, 6) is 0.276. The third kappa shape index (κ3) is 10.6. The summed E-state index contributed by atoms with van der Waals surface area (Å²) < 4.78 is 11.7. The Labute approximate surface area is 297 Å². The zero-order valence-electron chi connectivity index (χ0n) is 28.8. The van der Waals surface area contributed by atoms with Crippen LogP contribution in [0, 0.1) is 6.92 Å². The molecule has 2 heterocycles. The summed E-state index contributed by atoms with van der Waals surface area (Å²) in [6, 6.07) is 39.0. The highest BCUT2D eigenvalue weighted by Gasteiger charge is 2.08. The Morgan fingerprint density at radius 3 is 1.80 bits per heavy atom. The minimum Gasteiger partial charge on any atom is -0.508 e. The number of nitrogens with zero attached hydrogens (tertiary/aromatic N) is 2. The Kier molecular flexibility index (Phi) is 14.6. The molecule has 0 radical (unpaired) electrons. The summed E-state index contributed by atoms with van der Waals surface area (Å²) in [4.78, 5) is 9.33. The molecule has 5 nitrogen and oxygen atoms in total. The van der Waals surface area contributed by atoms with Crippen LogP contribution in [0.3, 0.4) is 0 Å². The summed E-state index contributed by atoms with van der Waals surface area (Å²) in [6.07, 6.45) is 2.43. The largest absolute Gasteiger partial charge is 0.508 e. The van der Waals surface area contributed by atoms with E-state index in [9.17, 15) is 9.50 Å². The van der Waals surface area contributed by atoms with Crippen LogP contribution in [-0.2, 0) is 6.54 Å². The molecule has 5 aromatic carbocycles. The molecule has 3 N–H and O–H groups in total. The normalized spacial score (nSPS) is 10.2. The second kappa shape index (κ2) is 19.3. The molecule has 2 aromatic heterocycles. The fraction of sp³-hybridized carbons (Fsp3) is 0.220. The number of thiazole rings is 2. The average Bonchev–Trinajstić information content (AvgIpc) is 3.79. The molecular weight excluding hydrogens is 648 g/mol. The molecule has 0 aliphatic carbocycles. The van der Waals surface area contributed by atoms with Crippen molar-refractivity contribution in [2.24, 2.45) is 0 Å². The van der Waals surface area contributed by atoms with E-state index in [4.69, 9.17) is 0 Å². The molecule has 0 saturated carbocycles. The van der Waals surface area contributed by atoms with Gasteiger partial charge in [0.25, 0.3) is 0 Å². The van der Waals surface area contributed by atoms with Crippen molar-refractivity contribution in [3.05, 3.63) is 126 Å². The number of aromatic hydroxyl groups is 1. The molecule has 0 bridgehead atoms. The summed E-state index contributed by atoms with van der Waals surface area (Å²) in [5, 5.41) is 18.5. The fourth-order valence-corrected chi connectivity index (χ4v) is 6.79. The van der Waals surface area contributed by atoms with Crippen LogP contribution in [-0.4, -0.2) is 28.8 Å². The molecule has 0 saturated heterocycles. The molecular formula is C41H45FN4OS2. The summed E-state index contributed by atoms with van der Waals surface area (Å²) in [5.41, 5.74) is 9.08. The number of hydrogen-bond donors (Lipinski definition) is 3. The number of nitrogens with one attached hydrogen (secondary N) is 2. The van der Waals surface area contributed by atoms with Gasteiger partial charge in [0.05, 0.1) is 27.6 Å². The number of benzene rings is 5. The molecule has 7 aromatic rings. The summed E-state index contributed by atoms with van der Waals surface area (Å²) in [7, 11) is 0.500. The highest BCUT2D eigenvalue weighted by Crippen LogP contribution is 2.33. The Hall–Kier alpha value is -4.79. The average molecular weight is 693 g/mol. The first-order valence-corrected chi connectivity index (χ1v) is 18.2. The Balaban J connectivity index is 0.000000205. The molecule has 0 atom stereocenters. The van der Waals surface area contributed by atoms with Gasteiger partial charge in [0.1, 0.15) is 15.8 Å². The number of phenolic OH excluding ortho intramolecular Hbond substituents is 1. The maximum absolute atomic E-state index is 9.59. The van der Waals surface area contributed by atoms with E-state index in [1.54, 1.807) is 34.8 Å². The maximum atomic E-state index is 9.59. The predicted molar refractivity (Wildman–Crippen MR) is 212 cm³/mol. The van der Waals surface area contributed by atoms with Gasteiger partial charge in [-0.15, -0.1) is 22.7 Å². The van der Waals surface area contributed by atoms with Crippen LogP contribution in [0.1, 0.15) is 44.7 Å². The SMILES string of the molecule is CC.CCCCNc1ccc(-c2nc3ccccc3s2)cc1.CF.Cc1ccc(CNc2ccc(-c3nc4ccc(O)cc4s3)cc2)cc1. The van der Waals surface area contributed by atoms with E-state index in [0.717, 1.165) is 50.1 Å². The molecule has 0 aliphatic rings. The highest BCUT2D eigenvalue weighted by atomic mass is 32.1. The van der Waals surface area contributed by atoms with Crippen LogP contribution in [0.25, 0.3) is 41.6 Å². The van der Waals surface area contributed by atoms with Crippen molar-refractivity contribution < 1.29 is 9.50 Å². The Bertz CT molecular complexity index is 1950. The number of fused-ring (bicyclic) bond motifs is 2.